The SMILES string of the molecule is CCCN(CC)C(=O)C(=O)CC. The van der Waals surface area contributed by atoms with Crippen LogP contribution in [0.2, 0.25) is 0 Å². The predicted octanol–water partition coefficient (Wildman–Crippen LogP) is 1.22. The molecule has 0 aliphatic carbocycles. The summed E-state index contributed by atoms with van der Waals surface area (Å²) >= 11 is 0. The molecule has 0 saturated carbocycles. The molecule has 0 aromatic carbocycles. The molecule has 0 N–H and O–H groups in total. The predicted molar refractivity (Wildman–Crippen MR) is 47.8 cm³/mol. The van der Waals surface area contributed by atoms with Crippen molar-refractivity contribution < 1.29 is 9.59 Å². The Morgan fingerprint density at radius 1 is 1.17 bits per heavy atom. The number of amides is 1. The molecule has 3 nitrogen and oxygen atoms in total. The smallest absolute Gasteiger partial charge is 0.289 e. The second kappa shape index (κ2) is 5.75. The van der Waals surface area contributed by atoms with Gasteiger partial charge in [0, 0.05) is 19.5 Å². The summed E-state index contributed by atoms with van der Waals surface area (Å²) in [6.07, 6.45) is 1.20. The van der Waals surface area contributed by atoms with E-state index in [1.165, 1.54) is 0 Å². The first kappa shape index (κ1) is 11.1. The Morgan fingerprint density at radius 3 is 2.08 bits per heavy atom. The number of carbonyl (C=O) groups is 2. The van der Waals surface area contributed by atoms with Crippen LogP contribution in [0.4, 0.5) is 0 Å². The number of rotatable bonds is 5. The highest BCUT2D eigenvalue weighted by Crippen LogP contribution is 1.95. The second-order valence-corrected chi connectivity index (χ2v) is 2.66. The first-order chi connectivity index (χ1) is 5.67. The van der Waals surface area contributed by atoms with Crippen molar-refractivity contribution in [2.24, 2.45) is 0 Å². The molecular weight excluding hydrogens is 154 g/mol. The van der Waals surface area contributed by atoms with Crippen LogP contribution in [0.15, 0.2) is 0 Å². The average molecular weight is 171 g/mol. The Morgan fingerprint density at radius 2 is 1.75 bits per heavy atom. The average Bonchev–Trinajstić information content (AvgIpc) is 2.11. The molecule has 0 spiro atoms. The van der Waals surface area contributed by atoms with E-state index < -0.39 is 0 Å². The Labute approximate surface area is 73.7 Å². The van der Waals surface area contributed by atoms with E-state index in [0.717, 1.165) is 6.42 Å². The van der Waals surface area contributed by atoms with Gasteiger partial charge in [0.2, 0.25) is 5.78 Å². The van der Waals surface area contributed by atoms with Crippen LogP contribution in [-0.2, 0) is 9.59 Å². The fourth-order valence-corrected chi connectivity index (χ4v) is 1.00. The minimum absolute atomic E-state index is 0.287. The fourth-order valence-electron chi connectivity index (χ4n) is 1.00. The molecule has 0 bridgehead atoms. The topological polar surface area (TPSA) is 37.4 Å². The quantitative estimate of drug-likeness (QED) is 0.583. The summed E-state index contributed by atoms with van der Waals surface area (Å²) < 4.78 is 0. The molecule has 0 atom stereocenters. The molecular formula is C9H17NO2. The van der Waals surface area contributed by atoms with Crippen molar-refractivity contribution in [3.8, 4) is 0 Å². The van der Waals surface area contributed by atoms with Crippen LogP contribution in [-0.4, -0.2) is 29.7 Å². The molecule has 0 aliphatic rings. The number of nitrogens with zero attached hydrogens (tertiary/aromatic N) is 1. The summed E-state index contributed by atoms with van der Waals surface area (Å²) in [6.45, 7) is 6.89. The third-order valence-electron chi connectivity index (χ3n) is 1.72. The molecule has 0 rings (SSSR count). The van der Waals surface area contributed by atoms with Crippen LogP contribution in [0.5, 0.6) is 0 Å². The van der Waals surface area contributed by atoms with Gasteiger partial charge in [-0.05, 0) is 13.3 Å². The molecule has 0 fully saturated rings. The Bertz CT molecular complexity index is 166. The minimum atomic E-state index is -0.332. The highest BCUT2D eigenvalue weighted by molar-refractivity contribution is 6.35. The zero-order valence-corrected chi connectivity index (χ0v) is 8.09. The van der Waals surface area contributed by atoms with Crippen LogP contribution in [0.3, 0.4) is 0 Å². The summed E-state index contributed by atoms with van der Waals surface area (Å²) in [5.74, 6) is -0.618. The van der Waals surface area contributed by atoms with E-state index in [2.05, 4.69) is 0 Å². The van der Waals surface area contributed by atoms with Gasteiger partial charge < -0.3 is 4.90 Å². The van der Waals surface area contributed by atoms with Crippen molar-refractivity contribution in [3.05, 3.63) is 0 Å². The Balaban J connectivity index is 4.11. The largest absolute Gasteiger partial charge is 0.336 e. The van der Waals surface area contributed by atoms with Gasteiger partial charge in [0.1, 0.15) is 0 Å². The highest BCUT2D eigenvalue weighted by atomic mass is 16.2. The van der Waals surface area contributed by atoms with E-state index in [1.54, 1.807) is 11.8 Å². The van der Waals surface area contributed by atoms with E-state index in [-0.39, 0.29) is 11.7 Å². The molecule has 0 aromatic heterocycles. The Kier molecular flexibility index (Phi) is 5.34. The summed E-state index contributed by atoms with van der Waals surface area (Å²) in [7, 11) is 0. The van der Waals surface area contributed by atoms with Crippen molar-refractivity contribution in [2.45, 2.75) is 33.6 Å². The monoisotopic (exact) mass is 171 g/mol. The lowest BCUT2D eigenvalue weighted by atomic mass is 10.2. The Hall–Kier alpha value is -0.860. The second-order valence-electron chi connectivity index (χ2n) is 2.66. The van der Waals surface area contributed by atoms with Gasteiger partial charge in [0.05, 0.1) is 0 Å². The van der Waals surface area contributed by atoms with Gasteiger partial charge >= 0.3 is 0 Å². The van der Waals surface area contributed by atoms with Crippen molar-refractivity contribution in [1.29, 1.82) is 0 Å². The number of carbonyl (C=O) groups excluding carboxylic acids is 2. The van der Waals surface area contributed by atoms with E-state index in [0.29, 0.717) is 19.5 Å². The zero-order valence-electron chi connectivity index (χ0n) is 8.09. The third-order valence-corrected chi connectivity index (χ3v) is 1.72. The standard InChI is InChI=1S/C9H17NO2/c1-4-7-10(6-3)9(12)8(11)5-2/h4-7H2,1-3H3. The lowest BCUT2D eigenvalue weighted by Gasteiger charge is -2.18. The molecule has 0 heterocycles. The normalized spacial score (nSPS) is 9.58. The van der Waals surface area contributed by atoms with Crippen molar-refractivity contribution in [3.63, 3.8) is 0 Å². The fraction of sp³-hybridized carbons (Fsp3) is 0.778. The van der Waals surface area contributed by atoms with Crippen molar-refractivity contribution in [1.82, 2.24) is 4.90 Å². The molecule has 0 saturated heterocycles. The molecule has 0 aromatic rings. The van der Waals surface area contributed by atoms with Gasteiger partial charge in [-0.25, -0.2) is 0 Å². The molecule has 12 heavy (non-hydrogen) atoms. The molecule has 0 aliphatic heterocycles. The highest BCUT2D eigenvalue weighted by Gasteiger charge is 2.16. The van der Waals surface area contributed by atoms with Crippen LogP contribution in [0.25, 0.3) is 0 Å². The number of ketones is 1. The number of hydrogen-bond acceptors (Lipinski definition) is 2. The maximum Gasteiger partial charge on any atom is 0.289 e. The summed E-state index contributed by atoms with van der Waals surface area (Å²) in [6, 6.07) is 0. The van der Waals surface area contributed by atoms with E-state index in [4.69, 9.17) is 0 Å². The molecule has 0 radical (unpaired) electrons. The number of Topliss-reactive ketones (excluding diaryl/α,β-unsaturated/α-hetero) is 1. The molecule has 1 amide bonds. The van der Waals surface area contributed by atoms with E-state index >= 15 is 0 Å². The zero-order chi connectivity index (χ0) is 9.56. The van der Waals surface area contributed by atoms with E-state index in [9.17, 15) is 9.59 Å². The summed E-state index contributed by atoms with van der Waals surface area (Å²) in [4.78, 5) is 23.9. The number of hydrogen-bond donors (Lipinski definition) is 0. The maximum absolute atomic E-state index is 11.3. The van der Waals surface area contributed by atoms with Crippen molar-refractivity contribution >= 4 is 11.7 Å². The van der Waals surface area contributed by atoms with Gasteiger partial charge in [-0.1, -0.05) is 13.8 Å². The lowest BCUT2D eigenvalue weighted by molar-refractivity contribution is -0.144. The van der Waals surface area contributed by atoms with Crippen LogP contribution >= 0.6 is 0 Å². The van der Waals surface area contributed by atoms with Gasteiger partial charge in [-0.15, -0.1) is 0 Å². The lowest BCUT2D eigenvalue weighted by Crippen LogP contribution is -2.36. The molecule has 0 unspecified atom stereocenters. The van der Waals surface area contributed by atoms with Gasteiger partial charge in [0.15, 0.2) is 0 Å². The summed E-state index contributed by atoms with van der Waals surface area (Å²) in [5.41, 5.74) is 0. The third kappa shape index (κ3) is 3.03. The van der Waals surface area contributed by atoms with Crippen LogP contribution in [0, 0.1) is 0 Å². The molecule has 70 valence electrons. The van der Waals surface area contributed by atoms with Gasteiger partial charge in [-0.2, -0.15) is 0 Å². The van der Waals surface area contributed by atoms with Crippen LogP contribution in [0.1, 0.15) is 33.6 Å². The first-order valence-corrected chi connectivity index (χ1v) is 4.49. The van der Waals surface area contributed by atoms with Gasteiger partial charge in [0.25, 0.3) is 5.91 Å². The maximum atomic E-state index is 11.3. The van der Waals surface area contributed by atoms with Gasteiger partial charge in [-0.3, -0.25) is 9.59 Å². The molecule has 3 heteroatoms. The summed E-state index contributed by atoms with van der Waals surface area (Å²) in [5, 5.41) is 0. The van der Waals surface area contributed by atoms with Crippen LogP contribution < -0.4 is 0 Å². The van der Waals surface area contributed by atoms with Crippen molar-refractivity contribution in [2.75, 3.05) is 13.1 Å². The van der Waals surface area contributed by atoms with E-state index in [1.807, 2.05) is 13.8 Å². The first-order valence-electron chi connectivity index (χ1n) is 4.49. The minimum Gasteiger partial charge on any atom is -0.336 e. The number of likely N-dealkylation sites (N-methyl/N-ethyl adjacent to an activating group) is 1.